The molecule has 0 bridgehead atoms. The van der Waals surface area contributed by atoms with Gasteiger partial charge in [-0.25, -0.2) is 4.98 Å². The van der Waals surface area contributed by atoms with Gasteiger partial charge in [0.1, 0.15) is 0 Å². The van der Waals surface area contributed by atoms with Crippen LogP contribution in [0.5, 0.6) is 0 Å². The number of benzene rings is 16. The standard InChI is InChI=1S/C126H100N10/c1-76-58-83(59-77(2)129-76)121-119(135-108-42-28-22-36-93(108)96-51-49-89(71-115(96)135)131-105-39-25-20-34-91(105)92-35-21-26-40-106(92)131)63-80(75-128)64-120(121)136-109-43-29-23-37-94(109)97-52-50-90(72-116(97)136)132-107-41-27-24-38-95(107)98-60-78(44-53-110(98)132)73-126(12,13)88-48-57-114-102(70-88)101-69-87(125(9,10)11)47-56-113(101)134(114)118-62-79(74-127)61-117(122(118)84-65-103(81-30-16-14-17-31-81)130-104(66-84)82-32-18-15-19-33-82)133-111-54-45-85(123(3,4)5)67-99(111)100-68-86(124(6,7)8)46-55-112(100)133/h14-72H,73H2,1-13H3. The number of nitrogens with zero attached hydrogens (tertiary/aromatic N) is 10. The lowest BCUT2D eigenvalue weighted by atomic mass is 9.78. The zero-order chi connectivity index (χ0) is 92.9. The lowest BCUT2D eigenvalue weighted by Crippen LogP contribution is -2.20. The zero-order valence-electron chi connectivity index (χ0n) is 78.7. The number of rotatable bonds is 13. The van der Waals surface area contributed by atoms with Crippen LogP contribution in [-0.4, -0.2) is 37.4 Å². The molecule has 0 amide bonds. The molecule has 136 heavy (non-hydrogen) atoms. The van der Waals surface area contributed by atoms with E-state index in [-0.39, 0.29) is 16.2 Å². The Kier molecular flexibility index (Phi) is 18.8. The first kappa shape index (κ1) is 82.7. The number of para-hydroxylation sites is 5. The van der Waals surface area contributed by atoms with Crippen molar-refractivity contribution in [2.45, 2.75) is 118 Å². The van der Waals surface area contributed by atoms with Gasteiger partial charge in [-0.15, -0.1) is 0 Å². The number of hydrogen-bond donors (Lipinski definition) is 0. The minimum atomic E-state index is -0.393. The molecule has 0 N–H and O–H groups in total. The van der Waals surface area contributed by atoms with Gasteiger partial charge in [0.2, 0.25) is 0 Å². The molecule has 0 aliphatic carbocycles. The van der Waals surface area contributed by atoms with Gasteiger partial charge in [0.05, 0.1) is 124 Å². The normalized spacial score (nSPS) is 12.5. The molecular weight excluding hydrogens is 1650 g/mol. The monoisotopic (exact) mass is 1750 g/mol. The van der Waals surface area contributed by atoms with Crippen LogP contribution in [0.3, 0.4) is 0 Å². The molecule has 16 aromatic carbocycles. The molecule has 10 heteroatoms. The molecule has 24 rings (SSSR count). The minimum Gasteiger partial charge on any atom is -0.309 e. The van der Waals surface area contributed by atoms with E-state index in [9.17, 15) is 10.5 Å². The van der Waals surface area contributed by atoms with Gasteiger partial charge in [-0.1, -0.05) is 270 Å². The highest BCUT2D eigenvalue weighted by Crippen LogP contribution is 2.51. The predicted molar refractivity (Wildman–Crippen MR) is 568 cm³/mol. The van der Waals surface area contributed by atoms with E-state index in [2.05, 4.69) is 487 Å². The van der Waals surface area contributed by atoms with Gasteiger partial charge in [0.25, 0.3) is 0 Å². The molecule has 10 nitrogen and oxygen atoms in total. The van der Waals surface area contributed by atoms with E-state index in [1.807, 2.05) is 0 Å². The van der Waals surface area contributed by atoms with E-state index in [1.54, 1.807) is 0 Å². The highest BCUT2D eigenvalue weighted by Gasteiger charge is 2.33. The summed E-state index contributed by atoms with van der Waals surface area (Å²) in [5, 5.41) is 37.2. The Morgan fingerprint density at radius 1 is 0.235 bits per heavy atom. The van der Waals surface area contributed by atoms with Crippen molar-refractivity contribution in [1.82, 2.24) is 37.4 Å². The van der Waals surface area contributed by atoms with Crippen molar-refractivity contribution >= 4 is 131 Å². The second kappa shape index (κ2) is 30.8. The fourth-order valence-electron chi connectivity index (χ4n) is 22.1. The van der Waals surface area contributed by atoms with Crippen LogP contribution in [0.15, 0.2) is 358 Å². The Morgan fingerprint density at radius 3 is 0.890 bits per heavy atom. The zero-order valence-corrected chi connectivity index (χ0v) is 78.7. The van der Waals surface area contributed by atoms with Crippen molar-refractivity contribution in [1.29, 1.82) is 10.5 Å². The van der Waals surface area contributed by atoms with Crippen LogP contribution in [0.25, 0.3) is 210 Å². The van der Waals surface area contributed by atoms with E-state index < -0.39 is 5.41 Å². The summed E-state index contributed by atoms with van der Waals surface area (Å²) in [5.41, 5.74) is 34.2. The van der Waals surface area contributed by atoms with Crippen molar-refractivity contribution in [3.8, 4) is 91.0 Å². The third-order valence-electron chi connectivity index (χ3n) is 28.7. The number of pyridine rings is 2. The summed E-state index contributed by atoms with van der Waals surface area (Å²) in [6.45, 7) is 29.6. The predicted octanol–water partition coefficient (Wildman–Crippen LogP) is 32.5. The van der Waals surface area contributed by atoms with Gasteiger partial charge in [-0.3, -0.25) is 4.98 Å². The van der Waals surface area contributed by atoms with Crippen molar-refractivity contribution < 1.29 is 0 Å². The summed E-state index contributed by atoms with van der Waals surface area (Å²) in [5.74, 6) is 0. The molecule has 0 saturated heterocycles. The van der Waals surface area contributed by atoms with Gasteiger partial charge >= 0.3 is 0 Å². The molecule has 0 aliphatic heterocycles. The second-order valence-electron chi connectivity index (χ2n) is 41.1. The Hall–Kier alpha value is -16.4. The molecule has 0 atom stereocenters. The maximum Gasteiger partial charge on any atom is 0.0993 e. The molecule has 0 radical (unpaired) electrons. The van der Waals surface area contributed by atoms with Crippen LogP contribution in [0.4, 0.5) is 0 Å². The van der Waals surface area contributed by atoms with E-state index in [0.717, 1.165) is 211 Å². The lowest BCUT2D eigenvalue weighted by Gasteiger charge is -2.26. The average Bonchev–Trinajstić information content (AvgIpc) is 1.54. The van der Waals surface area contributed by atoms with Gasteiger partial charge in [0, 0.05) is 110 Å². The summed E-state index contributed by atoms with van der Waals surface area (Å²) in [6, 6.07) is 137. The average molecular weight is 1750 g/mol. The largest absolute Gasteiger partial charge is 0.309 e. The van der Waals surface area contributed by atoms with Crippen LogP contribution in [0.1, 0.15) is 126 Å². The third kappa shape index (κ3) is 13.3. The summed E-state index contributed by atoms with van der Waals surface area (Å²) in [6.07, 6.45) is 0.742. The molecule has 8 heterocycles. The molecule has 0 fully saturated rings. The van der Waals surface area contributed by atoms with E-state index in [4.69, 9.17) is 9.97 Å². The fraction of sp³-hybridized carbons (Fsp3) is 0.143. The highest BCUT2D eigenvalue weighted by atomic mass is 15.1. The number of aryl methyl sites for hydroxylation is 2. The van der Waals surface area contributed by atoms with Gasteiger partial charge in [0.15, 0.2) is 0 Å². The molecular formula is C126H100N10. The second-order valence-corrected chi connectivity index (χ2v) is 41.1. The van der Waals surface area contributed by atoms with Crippen LogP contribution in [-0.2, 0) is 28.1 Å². The maximum atomic E-state index is 11.8. The van der Waals surface area contributed by atoms with Crippen LogP contribution in [0, 0.1) is 36.5 Å². The quantitative estimate of drug-likeness (QED) is 0.115. The summed E-state index contributed by atoms with van der Waals surface area (Å²) in [4.78, 5) is 10.5. The van der Waals surface area contributed by atoms with Gasteiger partial charge < -0.3 is 27.4 Å². The highest BCUT2D eigenvalue weighted by molar-refractivity contribution is 6.18. The smallest absolute Gasteiger partial charge is 0.0993 e. The number of hydrogen-bond acceptors (Lipinski definition) is 4. The summed E-state index contributed by atoms with van der Waals surface area (Å²) >= 11 is 0. The molecule has 0 aliphatic rings. The van der Waals surface area contributed by atoms with Crippen molar-refractivity contribution in [3.63, 3.8) is 0 Å². The fourth-order valence-corrected chi connectivity index (χ4v) is 22.1. The third-order valence-corrected chi connectivity index (χ3v) is 28.7. The Morgan fingerprint density at radius 2 is 0.522 bits per heavy atom. The Balaban J connectivity index is 0.669. The van der Waals surface area contributed by atoms with Crippen LogP contribution in [0.2, 0.25) is 0 Å². The first-order valence-electron chi connectivity index (χ1n) is 47.3. The van der Waals surface area contributed by atoms with Crippen molar-refractivity contribution in [3.05, 3.63) is 408 Å². The minimum absolute atomic E-state index is 0.121. The first-order valence-corrected chi connectivity index (χ1v) is 47.3. The molecule has 24 aromatic rings. The summed E-state index contributed by atoms with van der Waals surface area (Å²) < 4.78 is 14.6. The molecule has 0 spiro atoms. The maximum absolute atomic E-state index is 11.8. The Labute approximate surface area is 790 Å². The van der Waals surface area contributed by atoms with Crippen LogP contribution < -0.4 is 0 Å². The molecule has 0 unspecified atom stereocenters. The summed E-state index contributed by atoms with van der Waals surface area (Å²) in [7, 11) is 0. The van der Waals surface area contributed by atoms with Crippen molar-refractivity contribution in [2.24, 2.45) is 0 Å². The van der Waals surface area contributed by atoms with E-state index >= 15 is 0 Å². The first-order chi connectivity index (χ1) is 65.8. The van der Waals surface area contributed by atoms with Gasteiger partial charge in [-0.2, -0.15) is 10.5 Å². The number of nitriles is 2. The molecule has 654 valence electrons. The number of fused-ring (bicyclic) bond motifs is 18. The topological polar surface area (TPSA) is 103 Å². The van der Waals surface area contributed by atoms with Crippen LogP contribution >= 0.6 is 0 Å². The lowest BCUT2D eigenvalue weighted by molar-refractivity contribution is 0.523. The van der Waals surface area contributed by atoms with Gasteiger partial charge in [-0.05, 0) is 245 Å². The SMILES string of the molecule is Cc1cc(-c2c(-n3c4ccccc4c4ccc(-n5c6ccccc6c6ccccc65)cc43)cc(C#N)cc2-n2c3ccccc3c3ccc(-n4c5ccccc5c5cc(CC(C)(C)c6ccc7c(c6)c6cc(C(C)(C)C)ccc6n7-c6cc(C#N)cc(-n7c8ccc(C(C)(C)C)cc8c8cc(C(C)(C)C)ccc87)c6-c6cc(-c7ccccc7)nc(-c7ccccc7)c6)ccc54)cc32)cc(C)n1. The van der Waals surface area contributed by atoms with E-state index in [0.29, 0.717) is 11.1 Å². The van der Waals surface area contributed by atoms with E-state index in [1.165, 1.54) is 44.0 Å². The van der Waals surface area contributed by atoms with Crippen molar-refractivity contribution in [2.75, 3.05) is 0 Å². The Bertz CT molecular complexity index is 9070. The molecule has 0 saturated carbocycles. The number of aromatic nitrogens is 8. The molecule has 8 aromatic heterocycles.